The van der Waals surface area contributed by atoms with Crippen LogP contribution in [0.3, 0.4) is 0 Å². The zero-order valence-corrected chi connectivity index (χ0v) is 23.8. The van der Waals surface area contributed by atoms with Crippen LogP contribution in [0.4, 0.5) is 0 Å². The molecular formula is C28H39BrN2O4. The van der Waals surface area contributed by atoms with E-state index >= 15 is 0 Å². The molecule has 1 atom stereocenters. The summed E-state index contributed by atoms with van der Waals surface area (Å²) in [7, 11) is 1.61. The van der Waals surface area contributed by atoms with Crippen molar-refractivity contribution in [2.24, 2.45) is 0 Å². The minimum Gasteiger partial charge on any atom is -0.497 e. The smallest absolute Gasteiger partial charge is 0.261 e. The number of benzene rings is 2. The zero-order valence-electron chi connectivity index (χ0n) is 22.2. The maximum absolute atomic E-state index is 13.4. The van der Waals surface area contributed by atoms with Crippen LogP contribution in [-0.2, 0) is 21.5 Å². The van der Waals surface area contributed by atoms with Gasteiger partial charge in [-0.2, -0.15) is 0 Å². The second-order valence-electron chi connectivity index (χ2n) is 10.7. The van der Waals surface area contributed by atoms with E-state index in [1.807, 2.05) is 70.2 Å². The van der Waals surface area contributed by atoms with Crippen LogP contribution in [0.5, 0.6) is 11.5 Å². The lowest BCUT2D eigenvalue weighted by Crippen LogP contribution is -2.54. The van der Waals surface area contributed by atoms with Gasteiger partial charge in [0.2, 0.25) is 5.91 Å². The molecule has 2 aromatic carbocycles. The normalized spacial score (nSPS) is 12.6. The molecule has 0 radical (unpaired) electrons. The fourth-order valence-corrected chi connectivity index (χ4v) is 4.10. The first-order valence-corrected chi connectivity index (χ1v) is 12.7. The number of amides is 2. The van der Waals surface area contributed by atoms with Crippen molar-refractivity contribution in [3.8, 4) is 11.5 Å². The van der Waals surface area contributed by atoms with Crippen LogP contribution in [0.2, 0.25) is 0 Å². The Balaban J connectivity index is 2.26. The number of nitrogens with zero attached hydrogens (tertiary/aromatic N) is 1. The molecule has 2 amide bonds. The molecule has 35 heavy (non-hydrogen) atoms. The highest BCUT2D eigenvalue weighted by atomic mass is 79.9. The number of carbonyl (C=O) groups excluding carboxylic acids is 2. The third-order valence-electron chi connectivity index (χ3n) is 5.55. The summed E-state index contributed by atoms with van der Waals surface area (Å²) in [6.07, 6.45) is 0.480. The van der Waals surface area contributed by atoms with Crippen molar-refractivity contribution in [3.63, 3.8) is 0 Å². The predicted molar refractivity (Wildman–Crippen MR) is 144 cm³/mol. The van der Waals surface area contributed by atoms with E-state index in [0.29, 0.717) is 12.2 Å². The Morgan fingerprint density at radius 1 is 1.03 bits per heavy atom. The summed E-state index contributed by atoms with van der Waals surface area (Å²) in [5.41, 5.74) is 1.65. The number of methoxy groups -OCH3 is 1. The first-order chi connectivity index (χ1) is 16.2. The molecule has 0 bridgehead atoms. The minimum absolute atomic E-state index is 0.000790. The van der Waals surface area contributed by atoms with Gasteiger partial charge in [0.15, 0.2) is 6.61 Å². The molecular weight excluding hydrogens is 508 g/mol. The highest BCUT2D eigenvalue weighted by molar-refractivity contribution is 9.10. The maximum atomic E-state index is 13.4. The van der Waals surface area contributed by atoms with E-state index in [9.17, 15) is 9.59 Å². The van der Waals surface area contributed by atoms with Gasteiger partial charge in [-0.1, -0.05) is 45.9 Å². The van der Waals surface area contributed by atoms with Crippen LogP contribution >= 0.6 is 15.9 Å². The molecule has 0 aromatic heterocycles. The molecule has 0 fully saturated rings. The van der Waals surface area contributed by atoms with Crippen molar-refractivity contribution < 1.29 is 19.1 Å². The summed E-state index contributed by atoms with van der Waals surface area (Å²) in [6.45, 7) is 14.2. The van der Waals surface area contributed by atoms with E-state index in [0.717, 1.165) is 21.3 Å². The molecule has 2 aromatic rings. The average Bonchev–Trinajstić information content (AvgIpc) is 2.76. The van der Waals surface area contributed by atoms with Gasteiger partial charge in [0.05, 0.1) is 11.6 Å². The van der Waals surface area contributed by atoms with Crippen molar-refractivity contribution in [2.45, 2.75) is 78.4 Å². The molecule has 0 aliphatic rings. The molecule has 2 rings (SSSR count). The van der Waals surface area contributed by atoms with Crippen LogP contribution in [0.25, 0.3) is 0 Å². The van der Waals surface area contributed by atoms with Gasteiger partial charge in [-0.25, -0.2) is 0 Å². The Bertz CT molecular complexity index is 1010. The van der Waals surface area contributed by atoms with Crippen molar-refractivity contribution in [3.05, 3.63) is 58.1 Å². The highest BCUT2D eigenvalue weighted by Gasteiger charge is 2.31. The Hall–Kier alpha value is -2.54. The minimum atomic E-state index is -0.626. The summed E-state index contributed by atoms with van der Waals surface area (Å²) in [4.78, 5) is 28.1. The molecule has 0 spiro atoms. The average molecular weight is 548 g/mol. The quantitative estimate of drug-likeness (QED) is 0.428. The van der Waals surface area contributed by atoms with Crippen molar-refractivity contribution in [2.75, 3.05) is 13.7 Å². The Labute approximate surface area is 218 Å². The monoisotopic (exact) mass is 546 g/mol. The second kappa shape index (κ2) is 11.9. The Morgan fingerprint density at radius 2 is 1.66 bits per heavy atom. The SMILES string of the molecule is CCC(C(=O)NC(C)(C)C)N(Cc1ccc(OC)cc1)C(=O)COc1ccc(C(C)(C)C)cc1Br. The third kappa shape index (κ3) is 8.57. The number of nitrogens with one attached hydrogen (secondary N) is 1. The second-order valence-corrected chi connectivity index (χ2v) is 11.6. The van der Waals surface area contributed by atoms with E-state index in [1.165, 1.54) is 0 Å². The highest BCUT2D eigenvalue weighted by Crippen LogP contribution is 2.31. The molecule has 1 unspecified atom stereocenters. The summed E-state index contributed by atoms with van der Waals surface area (Å²) >= 11 is 3.57. The maximum Gasteiger partial charge on any atom is 0.261 e. The summed E-state index contributed by atoms with van der Waals surface area (Å²) in [5, 5.41) is 3.01. The molecule has 0 aliphatic heterocycles. The predicted octanol–water partition coefficient (Wildman–Crippen LogP) is 5.86. The topological polar surface area (TPSA) is 67.9 Å². The van der Waals surface area contributed by atoms with E-state index in [1.54, 1.807) is 12.0 Å². The van der Waals surface area contributed by atoms with Crippen LogP contribution in [0, 0.1) is 0 Å². The van der Waals surface area contributed by atoms with Gasteiger partial charge in [0, 0.05) is 12.1 Å². The lowest BCUT2D eigenvalue weighted by molar-refractivity contribution is -0.143. The van der Waals surface area contributed by atoms with Gasteiger partial charge in [0.25, 0.3) is 5.91 Å². The molecule has 0 saturated carbocycles. The van der Waals surface area contributed by atoms with Gasteiger partial charge in [-0.3, -0.25) is 9.59 Å². The van der Waals surface area contributed by atoms with Crippen LogP contribution < -0.4 is 14.8 Å². The van der Waals surface area contributed by atoms with Crippen LogP contribution in [0.15, 0.2) is 46.9 Å². The van der Waals surface area contributed by atoms with E-state index in [-0.39, 0.29) is 30.4 Å². The standard InChI is InChI=1S/C28H39BrN2O4/c1-9-23(26(33)30-28(5,6)7)31(17-19-10-13-21(34-8)14-11-19)25(32)18-35-24-15-12-20(16-22(24)29)27(2,3)4/h10-16,23H,9,17-18H2,1-8H3,(H,30,33). The van der Waals surface area contributed by atoms with Crippen LogP contribution in [-0.4, -0.2) is 42.0 Å². The largest absolute Gasteiger partial charge is 0.497 e. The van der Waals surface area contributed by atoms with Gasteiger partial charge in [0.1, 0.15) is 17.5 Å². The summed E-state index contributed by atoms with van der Waals surface area (Å²) < 4.78 is 11.9. The van der Waals surface area contributed by atoms with Gasteiger partial charge >= 0.3 is 0 Å². The molecule has 6 nitrogen and oxygen atoms in total. The van der Waals surface area contributed by atoms with E-state index < -0.39 is 11.6 Å². The van der Waals surface area contributed by atoms with Gasteiger partial charge < -0.3 is 19.7 Å². The lowest BCUT2D eigenvalue weighted by Gasteiger charge is -2.33. The number of ether oxygens (including phenoxy) is 2. The molecule has 0 heterocycles. The van der Waals surface area contributed by atoms with Crippen molar-refractivity contribution in [1.82, 2.24) is 10.2 Å². The molecule has 192 valence electrons. The molecule has 0 saturated heterocycles. The third-order valence-corrected chi connectivity index (χ3v) is 6.16. The first kappa shape index (κ1) is 28.7. The van der Waals surface area contributed by atoms with Gasteiger partial charge in [-0.15, -0.1) is 0 Å². The van der Waals surface area contributed by atoms with Crippen LogP contribution in [0.1, 0.15) is 66.0 Å². The molecule has 7 heteroatoms. The van der Waals surface area contributed by atoms with E-state index in [2.05, 4.69) is 42.0 Å². The number of rotatable bonds is 9. The fourth-order valence-electron chi connectivity index (χ4n) is 3.61. The Kier molecular flexibility index (Phi) is 9.78. The number of hydrogen-bond acceptors (Lipinski definition) is 4. The van der Waals surface area contributed by atoms with Crippen molar-refractivity contribution in [1.29, 1.82) is 0 Å². The number of hydrogen-bond donors (Lipinski definition) is 1. The molecule has 0 aliphatic carbocycles. The number of carbonyl (C=O) groups is 2. The Morgan fingerprint density at radius 3 is 2.14 bits per heavy atom. The fraction of sp³-hybridized carbons (Fsp3) is 0.500. The summed E-state index contributed by atoms with van der Waals surface area (Å²) in [6, 6.07) is 12.8. The lowest BCUT2D eigenvalue weighted by atomic mass is 9.87. The van der Waals surface area contributed by atoms with E-state index in [4.69, 9.17) is 9.47 Å². The molecule has 1 N–H and O–H groups in total. The van der Waals surface area contributed by atoms with Crippen molar-refractivity contribution >= 4 is 27.7 Å². The first-order valence-electron chi connectivity index (χ1n) is 11.9. The number of halogens is 1. The zero-order chi connectivity index (χ0) is 26.4. The summed E-state index contributed by atoms with van der Waals surface area (Å²) in [5.74, 6) is 0.875. The van der Waals surface area contributed by atoms with Gasteiger partial charge in [-0.05, 0) is 83.9 Å².